The van der Waals surface area contributed by atoms with E-state index in [4.69, 9.17) is 11.1 Å². The fourth-order valence-corrected chi connectivity index (χ4v) is 1.03. The van der Waals surface area contributed by atoms with Gasteiger partial charge in [0.2, 0.25) is 6.54 Å². The summed E-state index contributed by atoms with van der Waals surface area (Å²) in [6.07, 6.45) is 0.755. The molecule has 1 aromatic rings. The van der Waals surface area contributed by atoms with E-state index in [0.29, 0.717) is 6.54 Å². The summed E-state index contributed by atoms with van der Waals surface area (Å²) in [6, 6.07) is 0. The Hall–Kier alpha value is -1.30. The second kappa shape index (κ2) is 3.20. The Morgan fingerprint density at radius 3 is 2.73 bits per heavy atom. The molecule has 0 radical (unpaired) electrons. The van der Waals surface area contributed by atoms with Crippen molar-refractivity contribution < 1.29 is 4.52 Å². The van der Waals surface area contributed by atoms with Crippen molar-refractivity contribution in [3.63, 3.8) is 0 Å². The first-order chi connectivity index (χ1) is 5.25. The Morgan fingerprint density at radius 2 is 2.27 bits per heavy atom. The predicted molar refractivity (Wildman–Crippen MR) is 41.2 cm³/mol. The van der Waals surface area contributed by atoms with Gasteiger partial charge in [0.1, 0.15) is 5.76 Å². The monoisotopic (exact) mass is 150 g/mol. The Balaban J connectivity index is 2.77. The van der Waals surface area contributed by atoms with Gasteiger partial charge in [-0.1, -0.05) is 5.16 Å². The molecule has 0 saturated carbocycles. The first-order valence-electron chi connectivity index (χ1n) is 3.50. The molecule has 0 fully saturated rings. The number of rotatable bonds is 2. The van der Waals surface area contributed by atoms with Gasteiger partial charge in [-0.15, -0.1) is 0 Å². The lowest BCUT2D eigenvalue weighted by Gasteiger charge is -1.89. The lowest BCUT2D eigenvalue weighted by Crippen LogP contribution is -1.90. The summed E-state index contributed by atoms with van der Waals surface area (Å²) in [5.74, 6) is 0.839. The molecule has 0 N–H and O–H groups in total. The van der Waals surface area contributed by atoms with Gasteiger partial charge >= 0.3 is 0 Å². The van der Waals surface area contributed by atoms with Crippen LogP contribution in [-0.2, 0) is 6.42 Å². The second-order valence-electron chi connectivity index (χ2n) is 2.43. The molecule has 0 atom stereocenters. The lowest BCUT2D eigenvalue weighted by molar-refractivity contribution is 0.392. The molecule has 1 rings (SSSR count). The highest BCUT2D eigenvalue weighted by Crippen LogP contribution is 2.12. The largest absolute Gasteiger partial charge is 0.361 e. The third-order valence-corrected chi connectivity index (χ3v) is 1.65. The summed E-state index contributed by atoms with van der Waals surface area (Å²) in [5, 5.41) is 3.79. The molecule has 0 spiro atoms. The quantitative estimate of drug-likeness (QED) is 0.601. The predicted octanol–water partition coefficient (Wildman–Crippen LogP) is 1.75. The minimum Gasteiger partial charge on any atom is -0.361 e. The summed E-state index contributed by atoms with van der Waals surface area (Å²) in [5.41, 5.74) is 1.99. The topological polar surface area (TPSA) is 30.4 Å². The average molecular weight is 150 g/mol. The minimum atomic E-state index is 0.517. The van der Waals surface area contributed by atoms with Gasteiger partial charge in [-0.3, -0.25) is 0 Å². The summed E-state index contributed by atoms with van der Waals surface area (Å²) < 4.78 is 4.94. The van der Waals surface area contributed by atoms with E-state index in [1.54, 1.807) is 0 Å². The summed E-state index contributed by atoms with van der Waals surface area (Å²) in [4.78, 5) is 3.27. The van der Waals surface area contributed by atoms with Crippen molar-refractivity contribution in [2.24, 2.45) is 0 Å². The van der Waals surface area contributed by atoms with Crippen LogP contribution in [0, 0.1) is 20.4 Å². The molecule has 11 heavy (non-hydrogen) atoms. The van der Waals surface area contributed by atoms with E-state index in [0.717, 1.165) is 23.4 Å². The summed E-state index contributed by atoms with van der Waals surface area (Å²) >= 11 is 0. The van der Waals surface area contributed by atoms with E-state index >= 15 is 0 Å². The van der Waals surface area contributed by atoms with Crippen molar-refractivity contribution in [3.8, 4) is 0 Å². The maximum absolute atomic E-state index is 6.62. The Kier molecular flexibility index (Phi) is 2.27. The van der Waals surface area contributed by atoms with Crippen LogP contribution in [0.5, 0.6) is 0 Å². The van der Waals surface area contributed by atoms with Crippen molar-refractivity contribution >= 4 is 0 Å². The number of nitrogens with zero attached hydrogens (tertiary/aromatic N) is 2. The van der Waals surface area contributed by atoms with Crippen molar-refractivity contribution in [3.05, 3.63) is 28.4 Å². The highest BCUT2D eigenvalue weighted by atomic mass is 16.5. The molecular weight excluding hydrogens is 140 g/mol. The number of aryl methyl sites for hydroxylation is 2. The number of hydrogen-bond donors (Lipinski definition) is 0. The smallest absolute Gasteiger partial charge is 0.218 e. The highest BCUT2D eigenvalue weighted by molar-refractivity contribution is 5.21. The average Bonchev–Trinajstić information content (AvgIpc) is 2.29. The summed E-state index contributed by atoms with van der Waals surface area (Å²) in [7, 11) is 0. The Morgan fingerprint density at radius 1 is 1.55 bits per heavy atom. The van der Waals surface area contributed by atoms with Gasteiger partial charge in [0.05, 0.1) is 12.1 Å². The van der Waals surface area contributed by atoms with Crippen molar-refractivity contribution in [1.29, 1.82) is 0 Å². The zero-order valence-electron chi connectivity index (χ0n) is 6.72. The van der Waals surface area contributed by atoms with Gasteiger partial charge in [-0.2, -0.15) is 0 Å². The molecule has 0 aliphatic rings. The van der Waals surface area contributed by atoms with Crippen LogP contribution in [0.15, 0.2) is 4.52 Å². The third-order valence-electron chi connectivity index (χ3n) is 1.65. The molecule has 0 saturated heterocycles. The fraction of sp³-hybridized carbons (Fsp3) is 0.500. The molecule has 0 unspecified atom stereocenters. The van der Waals surface area contributed by atoms with E-state index in [-0.39, 0.29) is 0 Å². The van der Waals surface area contributed by atoms with Crippen LogP contribution in [0.25, 0.3) is 4.85 Å². The molecule has 0 aromatic carbocycles. The van der Waals surface area contributed by atoms with Gasteiger partial charge in [-0.05, 0) is 13.8 Å². The van der Waals surface area contributed by atoms with E-state index in [2.05, 4.69) is 10.0 Å². The van der Waals surface area contributed by atoms with E-state index in [1.807, 2.05) is 13.8 Å². The molecule has 0 amide bonds. The van der Waals surface area contributed by atoms with Crippen LogP contribution in [0.1, 0.15) is 17.0 Å². The molecule has 0 aliphatic carbocycles. The standard InChI is InChI=1S/C8H10N2O/c1-6-8(4-5-9-3)7(2)11-10-6/h4-5H2,1-2H3. The lowest BCUT2D eigenvalue weighted by atomic mass is 10.1. The van der Waals surface area contributed by atoms with Crippen LogP contribution in [0.4, 0.5) is 0 Å². The maximum atomic E-state index is 6.62. The van der Waals surface area contributed by atoms with Gasteiger partial charge in [0.15, 0.2) is 0 Å². The Labute approximate surface area is 65.8 Å². The zero-order valence-corrected chi connectivity index (χ0v) is 6.72. The number of aromatic nitrogens is 1. The SMILES string of the molecule is [C-]#[N+]CCc1c(C)noc1C. The Bertz CT molecular complexity index is 263. The number of hydrogen-bond acceptors (Lipinski definition) is 2. The summed E-state index contributed by atoms with van der Waals surface area (Å²) in [6.45, 7) is 10.9. The van der Waals surface area contributed by atoms with Crippen LogP contribution in [0.3, 0.4) is 0 Å². The van der Waals surface area contributed by atoms with Gasteiger partial charge in [0.25, 0.3) is 0 Å². The van der Waals surface area contributed by atoms with Gasteiger partial charge in [-0.25, -0.2) is 6.57 Å². The molecular formula is C8H10N2O. The second-order valence-corrected chi connectivity index (χ2v) is 2.43. The molecule has 58 valence electrons. The van der Waals surface area contributed by atoms with E-state index < -0.39 is 0 Å². The van der Waals surface area contributed by atoms with E-state index in [9.17, 15) is 0 Å². The molecule has 3 nitrogen and oxygen atoms in total. The van der Waals surface area contributed by atoms with Crippen LogP contribution in [0.2, 0.25) is 0 Å². The third kappa shape index (κ3) is 1.58. The normalized spacial score (nSPS) is 9.55. The minimum absolute atomic E-state index is 0.517. The molecule has 1 heterocycles. The molecule has 0 aliphatic heterocycles. The zero-order chi connectivity index (χ0) is 8.27. The van der Waals surface area contributed by atoms with Crippen molar-refractivity contribution in [2.75, 3.05) is 6.54 Å². The fourth-order valence-electron chi connectivity index (χ4n) is 1.03. The van der Waals surface area contributed by atoms with Crippen LogP contribution < -0.4 is 0 Å². The molecule has 3 heteroatoms. The van der Waals surface area contributed by atoms with Crippen LogP contribution in [-0.4, -0.2) is 11.7 Å². The van der Waals surface area contributed by atoms with E-state index in [1.165, 1.54) is 0 Å². The molecule has 0 bridgehead atoms. The van der Waals surface area contributed by atoms with Crippen LogP contribution >= 0.6 is 0 Å². The van der Waals surface area contributed by atoms with Gasteiger partial charge < -0.3 is 9.37 Å². The molecule has 1 aromatic heterocycles. The van der Waals surface area contributed by atoms with Crippen molar-refractivity contribution in [1.82, 2.24) is 5.16 Å². The van der Waals surface area contributed by atoms with Crippen molar-refractivity contribution in [2.45, 2.75) is 20.3 Å². The first-order valence-corrected chi connectivity index (χ1v) is 3.50. The maximum Gasteiger partial charge on any atom is 0.218 e. The van der Waals surface area contributed by atoms with Gasteiger partial charge in [0, 0.05) is 5.56 Å². The highest BCUT2D eigenvalue weighted by Gasteiger charge is 2.08. The first kappa shape index (κ1) is 7.80.